The number of amides is 2. The molecule has 7 heteroatoms. The summed E-state index contributed by atoms with van der Waals surface area (Å²) in [4.78, 5) is 38.1. The third-order valence-electron chi connectivity index (χ3n) is 8.23. The molecular formula is C29H37BrN4O2. The van der Waals surface area contributed by atoms with Gasteiger partial charge in [-0.2, -0.15) is 0 Å². The van der Waals surface area contributed by atoms with Crippen LogP contribution in [0.3, 0.4) is 0 Å². The van der Waals surface area contributed by atoms with Crippen LogP contribution in [0.25, 0.3) is 0 Å². The van der Waals surface area contributed by atoms with E-state index in [2.05, 4.69) is 20.8 Å². The topological polar surface area (TPSA) is 56.8 Å². The normalized spacial score (nSPS) is 20.5. The molecule has 2 amide bonds. The maximum atomic E-state index is 13.6. The number of hydrogen-bond donors (Lipinski definition) is 0. The van der Waals surface area contributed by atoms with E-state index in [4.69, 9.17) is 4.98 Å². The molecule has 0 bridgehead atoms. The van der Waals surface area contributed by atoms with E-state index in [1.165, 1.54) is 32.1 Å². The molecule has 0 atom stereocenters. The van der Waals surface area contributed by atoms with Crippen molar-refractivity contribution in [1.29, 1.82) is 0 Å². The number of benzene rings is 1. The van der Waals surface area contributed by atoms with Crippen LogP contribution in [-0.2, 0) is 0 Å². The molecule has 1 saturated carbocycles. The van der Waals surface area contributed by atoms with Gasteiger partial charge >= 0.3 is 0 Å². The molecule has 2 aliphatic heterocycles. The highest BCUT2D eigenvalue weighted by molar-refractivity contribution is 9.10. The first-order chi connectivity index (χ1) is 17.5. The lowest BCUT2D eigenvalue weighted by molar-refractivity contribution is 0.0519. The number of halogens is 1. The predicted octanol–water partition coefficient (Wildman–Crippen LogP) is 5.26. The number of pyridine rings is 1. The van der Waals surface area contributed by atoms with E-state index in [1.54, 1.807) is 0 Å². The summed E-state index contributed by atoms with van der Waals surface area (Å²) < 4.78 is 0.912. The molecule has 2 aromatic rings. The molecule has 0 radical (unpaired) electrons. The highest BCUT2D eigenvalue weighted by Gasteiger charge is 2.32. The van der Waals surface area contributed by atoms with Gasteiger partial charge in [0.15, 0.2) is 0 Å². The van der Waals surface area contributed by atoms with Gasteiger partial charge in [-0.25, -0.2) is 0 Å². The minimum atomic E-state index is 0.0686. The number of carbonyl (C=O) groups excluding carboxylic acids is 2. The Morgan fingerprint density at radius 1 is 0.833 bits per heavy atom. The average molecular weight is 554 g/mol. The molecule has 192 valence electrons. The van der Waals surface area contributed by atoms with E-state index in [0.29, 0.717) is 24.7 Å². The van der Waals surface area contributed by atoms with Crippen molar-refractivity contribution in [1.82, 2.24) is 19.7 Å². The van der Waals surface area contributed by atoms with Crippen molar-refractivity contribution in [2.45, 2.75) is 63.8 Å². The van der Waals surface area contributed by atoms with E-state index in [1.807, 2.05) is 53.1 Å². The van der Waals surface area contributed by atoms with Gasteiger partial charge in [-0.3, -0.25) is 19.5 Å². The van der Waals surface area contributed by atoms with Crippen molar-refractivity contribution in [3.8, 4) is 0 Å². The van der Waals surface area contributed by atoms with Gasteiger partial charge in [-0.15, -0.1) is 0 Å². The zero-order valence-corrected chi connectivity index (χ0v) is 22.9. The number of piperazine rings is 1. The SMILES string of the molecule is Cc1ccc(C(=O)N2CCN(C3CCCCC3)CC2)c(C2CCN(C(=O)c3cccc(Br)c3)CC2)n1. The van der Waals surface area contributed by atoms with Gasteiger partial charge in [0.25, 0.3) is 11.8 Å². The van der Waals surface area contributed by atoms with E-state index in [-0.39, 0.29) is 17.7 Å². The van der Waals surface area contributed by atoms with Gasteiger partial charge in [0.1, 0.15) is 0 Å². The Kier molecular flexibility index (Phi) is 8.06. The highest BCUT2D eigenvalue weighted by atomic mass is 79.9. The number of nitrogens with zero attached hydrogens (tertiary/aromatic N) is 4. The van der Waals surface area contributed by atoms with E-state index >= 15 is 0 Å². The van der Waals surface area contributed by atoms with E-state index in [0.717, 1.165) is 60.4 Å². The number of likely N-dealkylation sites (tertiary alicyclic amines) is 1. The lowest BCUT2D eigenvalue weighted by Gasteiger charge is -2.41. The zero-order valence-electron chi connectivity index (χ0n) is 21.3. The zero-order chi connectivity index (χ0) is 25.1. The summed E-state index contributed by atoms with van der Waals surface area (Å²) >= 11 is 3.46. The summed E-state index contributed by atoms with van der Waals surface area (Å²) in [6.45, 7) is 6.89. The van der Waals surface area contributed by atoms with Crippen LogP contribution in [0.5, 0.6) is 0 Å². The molecule has 1 aromatic carbocycles. The molecular weight excluding hydrogens is 516 g/mol. The number of piperidine rings is 1. The molecule has 0 spiro atoms. The van der Waals surface area contributed by atoms with Gasteiger partial charge < -0.3 is 9.80 Å². The number of rotatable bonds is 4. The van der Waals surface area contributed by atoms with Crippen molar-refractivity contribution in [3.05, 3.63) is 63.4 Å². The van der Waals surface area contributed by atoms with Crippen LogP contribution in [-0.4, -0.2) is 76.8 Å². The van der Waals surface area contributed by atoms with Gasteiger partial charge in [-0.05, 0) is 62.9 Å². The molecule has 3 heterocycles. The largest absolute Gasteiger partial charge is 0.339 e. The molecule has 3 aliphatic rings. The highest BCUT2D eigenvalue weighted by Crippen LogP contribution is 2.31. The number of aryl methyl sites for hydroxylation is 1. The smallest absolute Gasteiger partial charge is 0.255 e. The maximum absolute atomic E-state index is 13.6. The molecule has 3 fully saturated rings. The van der Waals surface area contributed by atoms with Crippen LogP contribution in [0.15, 0.2) is 40.9 Å². The first-order valence-electron chi connectivity index (χ1n) is 13.6. The molecule has 0 N–H and O–H groups in total. The lowest BCUT2D eigenvalue weighted by atomic mass is 9.89. The second-order valence-corrected chi connectivity index (χ2v) is 11.5. The standard InChI is InChI=1S/C29H37BrN4O2/c1-21-10-11-26(29(36)34-18-16-32(17-19-34)25-8-3-2-4-9-25)27(31-21)22-12-14-33(15-13-22)28(35)23-6-5-7-24(30)20-23/h5-7,10-11,20,22,25H,2-4,8-9,12-19H2,1H3. The van der Waals surface area contributed by atoms with Crippen LogP contribution >= 0.6 is 15.9 Å². The molecule has 1 aliphatic carbocycles. The summed E-state index contributed by atoms with van der Waals surface area (Å²) in [5, 5.41) is 0. The average Bonchev–Trinajstić information content (AvgIpc) is 2.93. The fraction of sp³-hybridized carbons (Fsp3) is 0.552. The van der Waals surface area contributed by atoms with E-state index in [9.17, 15) is 9.59 Å². The van der Waals surface area contributed by atoms with Crippen molar-refractivity contribution in [2.24, 2.45) is 0 Å². The van der Waals surface area contributed by atoms with Crippen LogP contribution in [0.1, 0.15) is 83.0 Å². The molecule has 6 nitrogen and oxygen atoms in total. The Morgan fingerprint density at radius 2 is 1.53 bits per heavy atom. The molecule has 2 saturated heterocycles. The fourth-order valence-corrected chi connectivity index (χ4v) is 6.53. The van der Waals surface area contributed by atoms with Gasteiger partial charge in [0.05, 0.1) is 11.3 Å². The quantitative estimate of drug-likeness (QED) is 0.518. The summed E-state index contributed by atoms with van der Waals surface area (Å²) in [7, 11) is 0. The van der Waals surface area contributed by atoms with Crippen molar-refractivity contribution < 1.29 is 9.59 Å². The third kappa shape index (κ3) is 5.67. The molecule has 0 unspecified atom stereocenters. The Balaban J connectivity index is 1.23. The maximum Gasteiger partial charge on any atom is 0.255 e. The minimum absolute atomic E-state index is 0.0686. The summed E-state index contributed by atoms with van der Waals surface area (Å²) in [5.41, 5.74) is 3.32. The lowest BCUT2D eigenvalue weighted by Crippen LogP contribution is -2.52. The minimum Gasteiger partial charge on any atom is -0.339 e. The fourth-order valence-electron chi connectivity index (χ4n) is 6.14. The Morgan fingerprint density at radius 3 is 2.22 bits per heavy atom. The van der Waals surface area contributed by atoms with Crippen LogP contribution in [0.4, 0.5) is 0 Å². The van der Waals surface area contributed by atoms with Gasteiger partial charge in [0.2, 0.25) is 0 Å². The molecule has 36 heavy (non-hydrogen) atoms. The van der Waals surface area contributed by atoms with Crippen molar-refractivity contribution >= 4 is 27.7 Å². The Hall–Kier alpha value is -2.25. The first kappa shape index (κ1) is 25.4. The predicted molar refractivity (Wildman–Crippen MR) is 145 cm³/mol. The first-order valence-corrected chi connectivity index (χ1v) is 14.3. The second kappa shape index (κ2) is 11.4. The molecule has 5 rings (SSSR count). The second-order valence-electron chi connectivity index (χ2n) is 10.6. The summed E-state index contributed by atoms with van der Waals surface area (Å²) in [6, 6.07) is 12.2. The van der Waals surface area contributed by atoms with Crippen LogP contribution in [0, 0.1) is 6.92 Å². The number of carbonyl (C=O) groups is 2. The van der Waals surface area contributed by atoms with Gasteiger partial charge in [-0.1, -0.05) is 41.3 Å². The van der Waals surface area contributed by atoms with Crippen LogP contribution in [0.2, 0.25) is 0 Å². The summed E-state index contributed by atoms with van der Waals surface area (Å²) in [5.74, 6) is 0.381. The van der Waals surface area contributed by atoms with Gasteiger partial charge in [0, 0.05) is 67.0 Å². The van der Waals surface area contributed by atoms with E-state index < -0.39 is 0 Å². The summed E-state index contributed by atoms with van der Waals surface area (Å²) in [6.07, 6.45) is 8.32. The number of aromatic nitrogens is 1. The van der Waals surface area contributed by atoms with Crippen LogP contribution < -0.4 is 0 Å². The van der Waals surface area contributed by atoms with Crippen molar-refractivity contribution in [2.75, 3.05) is 39.3 Å². The third-order valence-corrected chi connectivity index (χ3v) is 8.72. The van der Waals surface area contributed by atoms with Crippen molar-refractivity contribution in [3.63, 3.8) is 0 Å². The Labute approximate surface area is 223 Å². The number of hydrogen-bond acceptors (Lipinski definition) is 4. The molecule has 1 aromatic heterocycles. The monoisotopic (exact) mass is 552 g/mol. The Bertz CT molecular complexity index is 1080.